The summed E-state index contributed by atoms with van der Waals surface area (Å²) < 4.78 is 23.0. The van der Waals surface area contributed by atoms with Crippen LogP contribution in [0.4, 0.5) is 0 Å². The van der Waals surface area contributed by atoms with Crippen LogP contribution in [0.2, 0.25) is 5.02 Å². The van der Waals surface area contributed by atoms with Crippen molar-refractivity contribution >= 4 is 39.2 Å². The molecule has 1 amide bonds. The number of hydrogen-bond donors (Lipinski definition) is 0. The summed E-state index contributed by atoms with van der Waals surface area (Å²) in [4.78, 5) is 26.3. The molecule has 1 aliphatic rings. The second kappa shape index (κ2) is 8.82. The van der Waals surface area contributed by atoms with Crippen molar-refractivity contribution in [3.8, 4) is 0 Å². The second-order valence-corrected chi connectivity index (χ2v) is 9.53. The predicted molar refractivity (Wildman–Crippen MR) is 104 cm³/mol. The molecule has 0 saturated carbocycles. The number of carbonyl (C=O) groups is 2. The lowest BCUT2D eigenvalue weighted by Gasteiger charge is -2.32. The van der Waals surface area contributed by atoms with Gasteiger partial charge in [-0.3, -0.25) is 9.59 Å². The summed E-state index contributed by atoms with van der Waals surface area (Å²) in [7, 11) is -1.27. The Morgan fingerprint density at radius 1 is 1.31 bits per heavy atom. The van der Waals surface area contributed by atoms with Gasteiger partial charge >= 0.3 is 0 Å². The van der Waals surface area contributed by atoms with Crippen LogP contribution >= 0.6 is 11.6 Å². The van der Waals surface area contributed by atoms with Gasteiger partial charge in [-0.1, -0.05) is 36.7 Å². The quantitative estimate of drug-likeness (QED) is 0.692. The third-order valence-corrected chi connectivity index (χ3v) is 6.61. The van der Waals surface area contributed by atoms with E-state index in [-0.39, 0.29) is 35.7 Å². The molecule has 0 spiro atoms. The highest BCUT2D eigenvalue weighted by Gasteiger charge is 2.30. The Bertz CT molecular complexity index is 790. The highest BCUT2D eigenvalue weighted by atomic mass is 35.5. The molecule has 2 rings (SSSR count). The average molecular weight is 398 g/mol. The van der Waals surface area contributed by atoms with Crippen molar-refractivity contribution in [2.24, 2.45) is 5.92 Å². The number of rotatable bonds is 6. The molecule has 1 aromatic carbocycles. The lowest BCUT2D eigenvalue weighted by atomic mass is 10.0. The third-order valence-electron chi connectivity index (χ3n) is 4.66. The van der Waals surface area contributed by atoms with Gasteiger partial charge in [0.2, 0.25) is 5.91 Å². The molecule has 0 bridgehead atoms. The van der Waals surface area contributed by atoms with Gasteiger partial charge in [0.25, 0.3) is 0 Å². The Kier molecular flexibility index (Phi) is 7.01. The third kappa shape index (κ3) is 5.95. The van der Waals surface area contributed by atoms with Crippen molar-refractivity contribution in [3.05, 3.63) is 40.9 Å². The molecule has 0 radical (unpaired) electrons. The van der Waals surface area contributed by atoms with Crippen molar-refractivity contribution in [1.82, 2.24) is 4.90 Å². The summed E-state index contributed by atoms with van der Waals surface area (Å²) in [5, 5.41) is 0.597. The molecule has 1 aromatic rings. The first-order valence-corrected chi connectivity index (χ1v) is 10.8. The zero-order valence-electron chi connectivity index (χ0n) is 15.0. The molecule has 26 heavy (non-hydrogen) atoms. The van der Waals surface area contributed by atoms with Gasteiger partial charge in [0.15, 0.2) is 5.78 Å². The van der Waals surface area contributed by atoms with Gasteiger partial charge in [-0.05, 0) is 36.6 Å². The van der Waals surface area contributed by atoms with Crippen LogP contribution in [-0.4, -0.2) is 49.6 Å². The minimum absolute atomic E-state index is 0.0782. The first-order chi connectivity index (χ1) is 12.2. The van der Waals surface area contributed by atoms with Crippen LogP contribution in [0.3, 0.4) is 0 Å². The highest BCUT2D eigenvalue weighted by Crippen LogP contribution is 2.20. The van der Waals surface area contributed by atoms with Gasteiger partial charge < -0.3 is 4.90 Å². The Morgan fingerprint density at radius 2 is 1.96 bits per heavy atom. The van der Waals surface area contributed by atoms with Crippen molar-refractivity contribution < 1.29 is 18.0 Å². The van der Waals surface area contributed by atoms with Crippen LogP contribution in [0.1, 0.15) is 31.7 Å². The minimum Gasteiger partial charge on any atom is -0.342 e. The van der Waals surface area contributed by atoms with E-state index in [1.807, 2.05) is 6.07 Å². The minimum atomic E-state index is -2.96. The summed E-state index contributed by atoms with van der Waals surface area (Å²) in [6.07, 6.45) is 4.18. The highest BCUT2D eigenvalue weighted by molar-refractivity contribution is 7.91. The maximum Gasteiger partial charge on any atom is 0.225 e. The predicted octanol–water partition coefficient (Wildman–Crippen LogP) is 2.98. The molecule has 7 heteroatoms. The largest absolute Gasteiger partial charge is 0.342 e. The standard InChI is InChI=1S/C19H24ClNO4S/c1-14(12-18(22)7-6-15-4-3-5-16(20)13-15)19(23)21(2)17-8-10-26(24,25)11-9-17/h3-7,13-14,17H,8-12H2,1-2H3/b7-6+/t14-/m0/s1. The number of ketones is 1. The summed E-state index contributed by atoms with van der Waals surface area (Å²) >= 11 is 5.91. The maximum absolute atomic E-state index is 12.5. The molecule has 1 aliphatic heterocycles. The van der Waals surface area contributed by atoms with E-state index in [4.69, 9.17) is 11.6 Å². The Labute approximate surface area is 159 Å². The van der Waals surface area contributed by atoms with Gasteiger partial charge in [0.05, 0.1) is 11.5 Å². The SMILES string of the molecule is C[C@@H](CC(=O)/C=C/c1cccc(Cl)c1)C(=O)N(C)C1CCS(=O)(=O)CC1. The summed E-state index contributed by atoms with van der Waals surface area (Å²) in [5.74, 6) is -0.477. The monoisotopic (exact) mass is 397 g/mol. The summed E-state index contributed by atoms with van der Waals surface area (Å²) in [6, 6.07) is 7.08. The van der Waals surface area contributed by atoms with Gasteiger partial charge in [-0.15, -0.1) is 0 Å². The Balaban J connectivity index is 1.88. The van der Waals surface area contributed by atoms with E-state index in [9.17, 15) is 18.0 Å². The number of benzene rings is 1. The number of halogens is 1. The van der Waals surface area contributed by atoms with Gasteiger partial charge in [-0.25, -0.2) is 8.42 Å². The Hall–Kier alpha value is -1.66. The second-order valence-electron chi connectivity index (χ2n) is 6.79. The normalized spacial score (nSPS) is 18.6. The molecule has 142 valence electrons. The lowest BCUT2D eigenvalue weighted by molar-refractivity contribution is -0.137. The van der Waals surface area contributed by atoms with E-state index in [0.29, 0.717) is 17.9 Å². The number of nitrogens with zero attached hydrogens (tertiary/aromatic N) is 1. The first kappa shape index (κ1) is 20.6. The van der Waals surface area contributed by atoms with Crippen LogP contribution in [0, 0.1) is 5.92 Å². The molecule has 0 N–H and O–H groups in total. The van der Waals surface area contributed by atoms with Gasteiger partial charge in [0, 0.05) is 30.5 Å². The number of hydrogen-bond acceptors (Lipinski definition) is 4. The van der Waals surface area contributed by atoms with Gasteiger partial charge in [0.1, 0.15) is 9.84 Å². The molecular weight excluding hydrogens is 374 g/mol. The fourth-order valence-electron chi connectivity index (χ4n) is 3.05. The van der Waals surface area contributed by atoms with E-state index >= 15 is 0 Å². The van der Waals surface area contributed by atoms with Gasteiger partial charge in [-0.2, -0.15) is 0 Å². The lowest BCUT2D eigenvalue weighted by Crippen LogP contribution is -2.44. The van der Waals surface area contributed by atoms with Crippen molar-refractivity contribution in [2.45, 2.75) is 32.2 Å². The smallest absolute Gasteiger partial charge is 0.225 e. The molecule has 1 atom stereocenters. The summed E-state index contributed by atoms with van der Waals surface area (Å²) in [5.41, 5.74) is 0.824. The molecule has 1 saturated heterocycles. The van der Waals surface area contributed by atoms with Crippen LogP contribution in [0.5, 0.6) is 0 Å². The molecule has 1 heterocycles. The number of carbonyl (C=O) groups excluding carboxylic acids is 2. The Morgan fingerprint density at radius 3 is 2.58 bits per heavy atom. The van der Waals surface area contributed by atoms with Crippen molar-refractivity contribution in [2.75, 3.05) is 18.6 Å². The van der Waals surface area contributed by atoms with E-state index in [1.54, 1.807) is 43.1 Å². The van der Waals surface area contributed by atoms with Crippen molar-refractivity contribution in [1.29, 1.82) is 0 Å². The van der Waals surface area contributed by atoms with E-state index in [0.717, 1.165) is 5.56 Å². The van der Waals surface area contributed by atoms with Crippen LogP contribution in [-0.2, 0) is 19.4 Å². The summed E-state index contributed by atoms with van der Waals surface area (Å²) in [6.45, 7) is 1.73. The fourth-order valence-corrected chi connectivity index (χ4v) is 4.71. The molecule has 0 aromatic heterocycles. The zero-order chi connectivity index (χ0) is 19.3. The maximum atomic E-state index is 12.5. The molecule has 0 unspecified atom stereocenters. The molecular formula is C19H24ClNO4S. The average Bonchev–Trinajstić information content (AvgIpc) is 2.58. The number of sulfone groups is 1. The number of allylic oxidation sites excluding steroid dienone is 1. The topological polar surface area (TPSA) is 71.5 Å². The van der Waals surface area contributed by atoms with E-state index in [2.05, 4.69) is 0 Å². The molecule has 0 aliphatic carbocycles. The van der Waals surface area contributed by atoms with Crippen LogP contribution in [0.15, 0.2) is 30.3 Å². The first-order valence-electron chi connectivity index (χ1n) is 8.61. The van der Waals surface area contributed by atoms with Crippen LogP contribution in [0.25, 0.3) is 6.08 Å². The zero-order valence-corrected chi connectivity index (χ0v) is 16.6. The fraction of sp³-hybridized carbons (Fsp3) is 0.474. The van der Waals surface area contributed by atoms with Crippen molar-refractivity contribution in [3.63, 3.8) is 0 Å². The van der Waals surface area contributed by atoms with Crippen LogP contribution < -0.4 is 0 Å². The number of amides is 1. The molecule has 5 nitrogen and oxygen atoms in total. The van der Waals surface area contributed by atoms with E-state index in [1.165, 1.54) is 6.08 Å². The van der Waals surface area contributed by atoms with E-state index < -0.39 is 15.8 Å². The molecule has 1 fully saturated rings.